The SMILES string of the molecule is COC(=O)C(C)CN(C)C(=O)NCC1(C(=O)O)CCCC1. The van der Waals surface area contributed by atoms with Gasteiger partial charge >= 0.3 is 18.0 Å². The van der Waals surface area contributed by atoms with Crippen LogP contribution in [0.2, 0.25) is 0 Å². The average molecular weight is 300 g/mol. The maximum absolute atomic E-state index is 12.0. The van der Waals surface area contributed by atoms with Crippen molar-refractivity contribution in [3.63, 3.8) is 0 Å². The van der Waals surface area contributed by atoms with Crippen LogP contribution in [0.5, 0.6) is 0 Å². The zero-order valence-corrected chi connectivity index (χ0v) is 12.8. The van der Waals surface area contributed by atoms with Crippen LogP contribution in [0.1, 0.15) is 32.6 Å². The van der Waals surface area contributed by atoms with Gasteiger partial charge in [0.1, 0.15) is 0 Å². The minimum atomic E-state index is -0.856. The first-order valence-electron chi connectivity index (χ1n) is 7.12. The Morgan fingerprint density at radius 3 is 2.38 bits per heavy atom. The summed E-state index contributed by atoms with van der Waals surface area (Å²) in [6.07, 6.45) is 2.92. The summed E-state index contributed by atoms with van der Waals surface area (Å²) in [6.45, 7) is 2.02. The predicted octanol–water partition coefficient (Wildman–Crippen LogP) is 1.08. The molecule has 0 heterocycles. The number of esters is 1. The van der Waals surface area contributed by atoms with Crippen LogP contribution in [0.3, 0.4) is 0 Å². The molecular weight excluding hydrogens is 276 g/mol. The van der Waals surface area contributed by atoms with Gasteiger partial charge in [-0.2, -0.15) is 0 Å². The van der Waals surface area contributed by atoms with Gasteiger partial charge in [0.25, 0.3) is 0 Å². The van der Waals surface area contributed by atoms with Gasteiger partial charge in [-0.05, 0) is 12.8 Å². The molecule has 2 N–H and O–H groups in total. The highest BCUT2D eigenvalue weighted by molar-refractivity contribution is 5.79. The maximum Gasteiger partial charge on any atom is 0.317 e. The second kappa shape index (κ2) is 7.28. The molecule has 2 amide bonds. The average Bonchev–Trinajstić information content (AvgIpc) is 2.93. The van der Waals surface area contributed by atoms with Gasteiger partial charge < -0.3 is 20.1 Å². The zero-order valence-electron chi connectivity index (χ0n) is 12.8. The first-order valence-corrected chi connectivity index (χ1v) is 7.12. The van der Waals surface area contributed by atoms with E-state index < -0.39 is 17.3 Å². The molecule has 1 saturated carbocycles. The van der Waals surface area contributed by atoms with E-state index in [-0.39, 0.29) is 25.1 Å². The molecule has 7 heteroatoms. The van der Waals surface area contributed by atoms with E-state index in [4.69, 9.17) is 0 Å². The lowest BCUT2D eigenvalue weighted by molar-refractivity contribution is -0.148. The number of carboxylic acids is 1. The summed E-state index contributed by atoms with van der Waals surface area (Å²) in [5.74, 6) is -1.66. The van der Waals surface area contributed by atoms with E-state index in [0.29, 0.717) is 12.8 Å². The Kier molecular flexibility index (Phi) is 5.99. The number of methoxy groups -OCH3 is 1. The summed E-state index contributed by atoms with van der Waals surface area (Å²) in [7, 11) is 2.87. The molecule has 1 fully saturated rings. The van der Waals surface area contributed by atoms with Crippen LogP contribution in [0.15, 0.2) is 0 Å². The highest BCUT2D eigenvalue weighted by atomic mass is 16.5. The van der Waals surface area contributed by atoms with Crippen LogP contribution in [-0.2, 0) is 14.3 Å². The van der Waals surface area contributed by atoms with Crippen molar-refractivity contribution in [2.24, 2.45) is 11.3 Å². The first kappa shape index (κ1) is 17.3. The molecule has 0 aliphatic heterocycles. The third-order valence-electron chi connectivity index (χ3n) is 4.09. The second-order valence-corrected chi connectivity index (χ2v) is 5.76. The lowest BCUT2D eigenvalue weighted by atomic mass is 9.86. The standard InChI is InChI=1S/C14H24N2O5/c1-10(11(17)21-3)8-16(2)13(20)15-9-14(12(18)19)6-4-5-7-14/h10H,4-9H2,1-3H3,(H,15,20)(H,18,19). The number of hydrogen-bond acceptors (Lipinski definition) is 4. The number of carboxylic acid groups (broad SMARTS) is 1. The molecule has 1 aliphatic rings. The molecule has 0 radical (unpaired) electrons. The first-order chi connectivity index (χ1) is 9.82. The molecule has 1 aliphatic carbocycles. The number of hydrogen-bond donors (Lipinski definition) is 2. The van der Waals surface area contributed by atoms with Crippen LogP contribution in [0.25, 0.3) is 0 Å². The number of ether oxygens (including phenoxy) is 1. The largest absolute Gasteiger partial charge is 0.481 e. The Morgan fingerprint density at radius 1 is 1.33 bits per heavy atom. The van der Waals surface area contributed by atoms with E-state index in [2.05, 4.69) is 10.1 Å². The summed E-state index contributed by atoms with van der Waals surface area (Å²) in [4.78, 5) is 36.1. The lowest BCUT2D eigenvalue weighted by Crippen LogP contribution is -2.47. The predicted molar refractivity (Wildman–Crippen MR) is 75.7 cm³/mol. The summed E-state index contributed by atoms with van der Waals surface area (Å²) in [5, 5.41) is 12.0. The summed E-state index contributed by atoms with van der Waals surface area (Å²) >= 11 is 0. The Bertz CT molecular complexity index is 404. The minimum Gasteiger partial charge on any atom is -0.481 e. The van der Waals surface area contributed by atoms with Crippen LogP contribution in [0.4, 0.5) is 4.79 Å². The molecule has 0 aromatic carbocycles. The van der Waals surface area contributed by atoms with E-state index >= 15 is 0 Å². The molecule has 1 atom stereocenters. The van der Waals surface area contributed by atoms with Gasteiger partial charge in [-0.3, -0.25) is 9.59 Å². The monoisotopic (exact) mass is 300 g/mol. The fourth-order valence-electron chi connectivity index (χ4n) is 2.67. The van der Waals surface area contributed by atoms with Crippen molar-refractivity contribution in [1.29, 1.82) is 0 Å². The Labute approximate surface area is 124 Å². The van der Waals surface area contributed by atoms with Crippen molar-refractivity contribution in [1.82, 2.24) is 10.2 Å². The number of nitrogens with one attached hydrogen (secondary N) is 1. The second-order valence-electron chi connectivity index (χ2n) is 5.76. The number of carbonyl (C=O) groups is 3. The van der Waals surface area contributed by atoms with Gasteiger partial charge in [0.2, 0.25) is 0 Å². The van der Waals surface area contributed by atoms with Gasteiger partial charge in [-0.1, -0.05) is 19.8 Å². The van der Waals surface area contributed by atoms with Crippen molar-refractivity contribution >= 4 is 18.0 Å². The van der Waals surface area contributed by atoms with E-state index in [0.717, 1.165) is 12.8 Å². The molecule has 0 aromatic rings. The van der Waals surface area contributed by atoms with Crippen molar-refractivity contribution in [2.45, 2.75) is 32.6 Å². The van der Waals surface area contributed by atoms with Crippen LogP contribution >= 0.6 is 0 Å². The molecule has 120 valence electrons. The van der Waals surface area contributed by atoms with Crippen molar-refractivity contribution in [3.05, 3.63) is 0 Å². The topological polar surface area (TPSA) is 95.9 Å². The van der Waals surface area contributed by atoms with Gasteiger partial charge in [0.15, 0.2) is 0 Å². The van der Waals surface area contributed by atoms with Crippen molar-refractivity contribution in [2.75, 3.05) is 27.2 Å². The number of aliphatic carboxylic acids is 1. The maximum atomic E-state index is 12.0. The normalized spacial score (nSPS) is 17.9. The number of nitrogens with zero attached hydrogens (tertiary/aromatic N) is 1. The molecule has 0 saturated heterocycles. The van der Waals surface area contributed by atoms with E-state index in [1.807, 2.05) is 0 Å². The fourth-order valence-corrected chi connectivity index (χ4v) is 2.67. The summed E-state index contributed by atoms with van der Waals surface area (Å²) in [6, 6.07) is -0.377. The van der Waals surface area contributed by atoms with E-state index in [9.17, 15) is 19.5 Å². The third kappa shape index (κ3) is 4.34. The van der Waals surface area contributed by atoms with Gasteiger partial charge in [0.05, 0.1) is 18.4 Å². The molecule has 1 rings (SSSR count). The highest BCUT2D eigenvalue weighted by Gasteiger charge is 2.41. The summed E-state index contributed by atoms with van der Waals surface area (Å²) < 4.78 is 4.61. The Morgan fingerprint density at radius 2 is 1.90 bits per heavy atom. The Balaban J connectivity index is 2.49. The number of rotatable bonds is 6. The molecule has 1 unspecified atom stereocenters. The smallest absolute Gasteiger partial charge is 0.317 e. The Hall–Kier alpha value is -1.79. The van der Waals surface area contributed by atoms with E-state index in [1.165, 1.54) is 12.0 Å². The molecule has 0 aromatic heterocycles. The number of carbonyl (C=O) groups excluding carboxylic acids is 2. The van der Waals surface area contributed by atoms with Gasteiger partial charge in [-0.25, -0.2) is 4.79 Å². The molecule has 0 bridgehead atoms. The van der Waals surface area contributed by atoms with Crippen LogP contribution in [-0.4, -0.2) is 55.2 Å². The third-order valence-corrected chi connectivity index (χ3v) is 4.09. The zero-order chi connectivity index (χ0) is 16.0. The minimum absolute atomic E-state index is 0.123. The van der Waals surface area contributed by atoms with Gasteiger partial charge in [-0.15, -0.1) is 0 Å². The molecule has 21 heavy (non-hydrogen) atoms. The van der Waals surface area contributed by atoms with Crippen molar-refractivity contribution < 1.29 is 24.2 Å². The molecular formula is C14H24N2O5. The van der Waals surface area contributed by atoms with Gasteiger partial charge in [0, 0.05) is 20.1 Å². The fraction of sp³-hybridized carbons (Fsp3) is 0.786. The van der Waals surface area contributed by atoms with Crippen LogP contribution < -0.4 is 5.32 Å². The van der Waals surface area contributed by atoms with Crippen LogP contribution in [0, 0.1) is 11.3 Å². The lowest BCUT2D eigenvalue weighted by Gasteiger charge is -2.26. The van der Waals surface area contributed by atoms with E-state index in [1.54, 1.807) is 14.0 Å². The highest BCUT2D eigenvalue weighted by Crippen LogP contribution is 2.37. The summed E-state index contributed by atoms with van der Waals surface area (Å²) in [5.41, 5.74) is -0.843. The number of urea groups is 1. The quantitative estimate of drug-likeness (QED) is 0.716. The number of amides is 2. The van der Waals surface area contributed by atoms with Crippen molar-refractivity contribution in [3.8, 4) is 0 Å². The molecule has 0 spiro atoms. The molecule has 7 nitrogen and oxygen atoms in total.